The minimum absolute atomic E-state index is 0.412. The van der Waals surface area contributed by atoms with Gasteiger partial charge in [-0.05, 0) is 48.6 Å². The van der Waals surface area contributed by atoms with Gasteiger partial charge in [-0.15, -0.1) is 0 Å². The second-order valence-corrected chi connectivity index (χ2v) is 3.54. The van der Waals surface area contributed by atoms with Gasteiger partial charge in [0.25, 0.3) is 0 Å². The molecule has 69 valence electrons. The molecule has 0 aromatic heterocycles. The van der Waals surface area contributed by atoms with Gasteiger partial charge in [-0.2, -0.15) is 0 Å². The van der Waals surface area contributed by atoms with Gasteiger partial charge in [0, 0.05) is 0 Å². The molecule has 0 saturated carbocycles. The predicted molar refractivity (Wildman–Crippen MR) is 50.5 cm³/mol. The molecule has 1 N–H and O–H groups in total. The van der Waals surface area contributed by atoms with E-state index in [9.17, 15) is 5.11 Å². The third kappa shape index (κ3) is 1.05. The monoisotopic (exact) mass is 177 g/mol. The van der Waals surface area contributed by atoms with Crippen molar-refractivity contribution in [2.75, 3.05) is 0 Å². The number of rotatable bonds is 0. The Kier molecular flexibility index (Phi) is 1.81. The maximum Gasteiger partial charge on any atom is 0.122 e. The predicted octanol–water partition coefficient (Wildman–Crippen LogP) is 2.36. The van der Waals surface area contributed by atoms with E-state index in [-0.39, 0.29) is 0 Å². The van der Waals surface area contributed by atoms with Crippen molar-refractivity contribution in [1.82, 2.24) is 0 Å². The first kappa shape index (κ1) is 8.57. The van der Waals surface area contributed by atoms with Crippen LogP contribution in [0.4, 0.5) is 0 Å². The smallest absolute Gasteiger partial charge is 0.122 e. The molecule has 1 aliphatic rings. The minimum atomic E-state index is 0.412. The molecule has 1 heterocycles. The first-order valence-electron chi connectivity index (χ1n) is 4.39. The van der Waals surface area contributed by atoms with E-state index in [1.165, 1.54) is 0 Å². The highest BCUT2D eigenvalue weighted by Crippen LogP contribution is 2.36. The normalized spacial score (nSPS) is 14.7. The summed E-state index contributed by atoms with van der Waals surface area (Å²) in [6.07, 6.45) is 0. The molecule has 0 atom stereocenters. The van der Waals surface area contributed by atoms with Gasteiger partial charge in [-0.25, -0.2) is 0 Å². The lowest BCUT2D eigenvalue weighted by molar-refractivity contribution is 0.223. The Morgan fingerprint density at radius 1 is 1.15 bits per heavy atom. The Balaban J connectivity index is 2.77. The Morgan fingerprint density at radius 2 is 1.85 bits per heavy atom. The summed E-state index contributed by atoms with van der Waals surface area (Å²) < 4.78 is 5.25. The molecule has 1 radical (unpaired) electrons. The van der Waals surface area contributed by atoms with Crippen LogP contribution >= 0.6 is 0 Å². The van der Waals surface area contributed by atoms with Crippen molar-refractivity contribution >= 4 is 0 Å². The molecule has 1 aromatic rings. The Bertz CT molecular complexity index is 332. The van der Waals surface area contributed by atoms with E-state index >= 15 is 0 Å². The quantitative estimate of drug-likeness (QED) is 0.659. The van der Waals surface area contributed by atoms with Crippen molar-refractivity contribution in [3.8, 4) is 5.75 Å². The summed E-state index contributed by atoms with van der Waals surface area (Å²) in [6, 6.07) is 0. The standard InChI is InChI=1S/C11H13O2/c1-6-7(2)11(12)8(3)10-5-13-4-9(6)10/h4,12H,5H2,1-3H3. The fourth-order valence-electron chi connectivity index (χ4n) is 1.79. The third-order valence-corrected chi connectivity index (χ3v) is 2.88. The molecule has 0 amide bonds. The number of fused-ring (bicyclic) bond motifs is 1. The van der Waals surface area contributed by atoms with E-state index in [0.29, 0.717) is 12.4 Å². The fraction of sp³-hybridized carbons (Fsp3) is 0.364. The summed E-state index contributed by atoms with van der Waals surface area (Å²) in [7, 11) is 0. The molecule has 0 fully saturated rings. The Hall–Kier alpha value is -1.02. The van der Waals surface area contributed by atoms with Crippen LogP contribution in [0, 0.1) is 27.4 Å². The molecule has 0 saturated heterocycles. The van der Waals surface area contributed by atoms with Crippen molar-refractivity contribution < 1.29 is 9.84 Å². The maximum atomic E-state index is 9.78. The zero-order valence-corrected chi connectivity index (χ0v) is 8.14. The molecule has 2 nitrogen and oxygen atoms in total. The molecule has 1 aromatic carbocycles. The zero-order chi connectivity index (χ0) is 9.59. The maximum absolute atomic E-state index is 9.78. The highest BCUT2D eigenvalue weighted by molar-refractivity contribution is 5.56. The van der Waals surface area contributed by atoms with Crippen molar-refractivity contribution in [2.45, 2.75) is 27.4 Å². The number of hydrogen-bond donors (Lipinski definition) is 1. The lowest BCUT2D eigenvalue weighted by Crippen LogP contribution is -1.95. The molecule has 13 heavy (non-hydrogen) atoms. The average molecular weight is 177 g/mol. The number of hydrogen-bond acceptors (Lipinski definition) is 2. The molecule has 2 rings (SSSR count). The number of ether oxygens (including phenoxy) is 1. The summed E-state index contributed by atoms with van der Waals surface area (Å²) in [6.45, 7) is 8.26. The van der Waals surface area contributed by atoms with Crippen molar-refractivity contribution in [3.05, 3.63) is 34.4 Å². The SMILES string of the molecule is Cc1c(C)c2c(c(C)c1O)CO[CH]2. The van der Waals surface area contributed by atoms with Crippen LogP contribution in [0.15, 0.2) is 0 Å². The van der Waals surface area contributed by atoms with Gasteiger partial charge in [0.1, 0.15) is 12.4 Å². The highest BCUT2D eigenvalue weighted by Gasteiger charge is 2.21. The van der Waals surface area contributed by atoms with Crippen molar-refractivity contribution in [1.29, 1.82) is 0 Å². The van der Waals surface area contributed by atoms with Crippen LogP contribution in [0.2, 0.25) is 0 Å². The lowest BCUT2D eigenvalue weighted by Gasteiger charge is -2.12. The van der Waals surface area contributed by atoms with Gasteiger partial charge in [-0.1, -0.05) is 0 Å². The molecule has 0 aliphatic carbocycles. The van der Waals surface area contributed by atoms with Crippen molar-refractivity contribution in [3.63, 3.8) is 0 Å². The van der Waals surface area contributed by atoms with E-state index in [2.05, 4.69) is 0 Å². The first-order valence-corrected chi connectivity index (χ1v) is 4.39. The van der Waals surface area contributed by atoms with E-state index in [1.54, 1.807) is 6.61 Å². The molecule has 0 bridgehead atoms. The number of benzene rings is 1. The highest BCUT2D eigenvalue weighted by atomic mass is 16.5. The number of phenolic OH excluding ortho intramolecular Hbond substituents is 1. The first-order chi connectivity index (χ1) is 6.13. The minimum Gasteiger partial charge on any atom is -0.507 e. The molecular weight excluding hydrogens is 164 g/mol. The zero-order valence-electron chi connectivity index (χ0n) is 8.14. The van der Waals surface area contributed by atoms with Crippen LogP contribution in [0.5, 0.6) is 5.75 Å². The molecule has 2 heteroatoms. The van der Waals surface area contributed by atoms with E-state index in [4.69, 9.17) is 4.74 Å². The summed E-state index contributed by atoms with van der Waals surface area (Å²) in [5.41, 5.74) is 5.30. The van der Waals surface area contributed by atoms with E-state index in [0.717, 1.165) is 27.8 Å². The molecular formula is C11H13O2. The van der Waals surface area contributed by atoms with Crippen LogP contribution in [-0.4, -0.2) is 5.11 Å². The van der Waals surface area contributed by atoms with Gasteiger partial charge in [0.05, 0.1) is 6.61 Å². The molecule has 0 spiro atoms. The Labute approximate surface area is 78.2 Å². The van der Waals surface area contributed by atoms with Crippen LogP contribution in [-0.2, 0) is 11.3 Å². The van der Waals surface area contributed by atoms with Gasteiger partial charge in [0.2, 0.25) is 0 Å². The summed E-state index contributed by atoms with van der Waals surface area (Å²) in [5, 5.41) is 9.78. The summed E-state index contributed by atoms with van der Waals surface area (Å²) in [5.74, 6) is 0.412. The van der Waals surface area contributed by atoms with E-state index in [1.807, 2.05) is 20.8 Å². The van der Waals surface area contributed by atoms with Crippen molar-refractivity contribution in [2.24, 2.45) is 0 Å². The second kappa shape index (κ2) is 2.74. The topological polar surface area (TPSA) is 29.5 Å². The number of aromatic hydroxyl groups is 1. The molecule has 0 unspecified atom stereocenters. The van der Waals surface area contributed by atoms with Crippen LogP contribution in [0.25, 0.3) is 0 Å². The van der Waals surface area contributed by atoms with Gasteiger partial charge >= 0.3 is 0 Å². The average Bonchev–Trinajstić information content (AvgIpc) is 2.59. The largest absolute Gasteiger partial charge is 0.507 e. The summed E-state index contributed by atoms with van der Waals surface area (Å²) >= 11 is 0. The van der Waals surface area contributed by atoms with Crippen LogP contribution in [0.3, 0.4) is 0 Å². The van der Waals surface area contributed by atoms with Gasteiger partial charge in [0.15, 0.2) is 0 Å². The van der Waals surface area contributed by atoms with Crippen LogP contribution in [0.1, 0.15) is 27.8 Å². The second-order valence-electron chi connectivity index (χ2n) is 3.54. The third-order valence-electron chi connectivity index (χ3n) is 2.88. The fourth-order valence-corrected chi connectivity index (χ4v) is 1.79. The summed E-state index contributed by atoms with van der Waals surface area (Å²) in [4.78, 5) is 0. The van der Waals surface area contributed by atoms with Gasteiger partial charge < -0.3 is 9.84 Å². The molecule has 1 aliphatic heterocycles. The van der Waals surface area contributed by atoms with Gasteiger partial charge in [-0.3, -0.25) is 0 Å². The van der Waals surface area contributed by atoms with E-state index < -0.39 is 0 Å². The lowest BCUT2D eigenvalue weighted by atomic mass is 9.94. The number of phenols is 1. The Morgan fingerprint density at radius 3 is 2.54 bits per heavy atom. The van der Waals surface area contributed by atoms with Crippen LogP contribution < -0.4 is 0 Å².